The molecular formula is C20H14BrN3O3S2. The average molecular weight is 488 g/mol. The van der Waals surface area contributed by atoms with Crippen molar-refractivity contribution in [2.45, 2.75) is 4.90 Å². The summed E-state index contributed by atoms with van der Waals surface area (Å²) in [5.41, 5.74) is 1.63. The summed E-state index contributed by atoms with van der Waals surface area (Å²) >= 11 is 4.56. The lowest BCUT2D eigenvalue weighted by molar-refractivity contribution is 0.102. The molecule has 1 aromatic heterocycles. The molecule has 0 saturated carbocycles. The maximum Gasteiger partial charge on any atom is 0.261 e. The van der Waals surface area contributed by atoms with Crippen LogP contribution in [0.1, 0.15) is 10.4 Å². The van der Waals surface area contributed by atoms with Crippen LogP contribution >= 0.6 is 27.3 Å². The summed E-state index contributed by atoms with van der Waals surface area (Å²) in [6, 6.07) is 20.3. The van der Waals surface area contributed by atoms with Gasteiger partial charge in [-0.2, -0.15) is 0 Å². The molecule has 0 aliphatic rings. The van der Waals surface area contributed by atoms with Gasteiger partial charge in [-0.25, -0.2) is 13.4 Å². The third kappa shape index (κ3) is 4.47. The third-order valence-electron chi connectivity index (χ3n) is 4.02. The van der Waals surface area contributed by atoms with Crippen molar-refractivity contribution >= 4 is 64.2 Å². The van der Waals surface area contributed by atoms with Crippen molar-refractivity contribution in [3.63, 3.8) is 0 Å². The van der Waals surface area contributed by atoms with Crippen molar-refractivity contribution in [3.8, 4) is 0 Å². The van der Waals surface area contributed by atoms with Crippen LogP contribution in [-0.2, 0) is 10.0 Å². The normalized spacial score (nSPS) is 11.3. The first-order valence-corrected chi connectivity index (χ1v) is 11.6. The third-order valence-corrected chi connectivity index (χ3v) is 6.88. The van der Waals surface area contributed by atoms with Crippen LogP contribution in [0.25, 0.3) is 10.2 Å². The van der Waals surface area contributed by atoms with Gasteiger partial charge in [-0.3, -0.25) is 14.8 Å². The molecule has 0 unspecified atom stereocenters. The van der Waals surface area contributed by atoms with Crippen molar-refractivity contribution in [1.29, 1.82) is 0 Å². The van der Waals surface area contributed by atoms with Gasteiger partial charge in [-0.1, -0.05) is 45.5 Å². The smallest absolute Gasteiger partial charge is 0.261 e. The Labute approximate surface area is 179 Å². The largest absolute Gasteiger partial charge is 0.298 e. The first-order valence-electron chi connectivity index (χ1n) is 8.46. The van der Waals surface area contributed by atoms with Gasteiger partial charge in [0.15, 0.2) is 5.13 Å². The number of sulfonamides is 1. The van der Waals surface area contributed by atoms with Gasteiger partial charge >= 0.3 is 0 Å². The average Bonchev–Trinajstić information content (AvgIpc) is 3.10. The van der Waals surface area contributed by atoms with E-state index in [-0.39, 0.29) is 10.8 Å². The Hall–Kier alpha value is -2.75. The number of hydrogen-bond donors (Lipinski definition) is 2. The molecule has 9 heteroatoms. The van der Waals surface area contributed by atoms with Crippen molar-refractivity contribution in [3.05, 3.63) is 82.8 Å². The molecule has 146 valence electrons. The van der Waals surface area contributed by atoms with E-state index in [0.29, 0.717) is 21.9 Å². The van der Waals surface area contributed by atoms with Crippen LogP contribution in [0.3, 0.4) is 0 Å². The predicted molar refractivity (Wildman–Crippen MR) is 119 cm³/mol. The van der Waals surface area contributed by atoms with Crippen LogP contribution in [0.15, 0.2) is 82.2 Å². The molecule has 0 radical (unpaired) electrons. The second-order valence-corrected chi connectivity index (χ2v) is 9.71. The first kappa shape index (κ1) is 19.6. The number of carbonyl (C=O) groups excluding carboxylic acids is 1. The molecule has 2 N–H and O–H groups in total. The molecule has 0 fully saturated rings. The van der Waals surface area contributed by atoms with E-state index in [9.17, 15) is 13.2 Å². The molecule has 0 aliphatic carbocycles. The number of nitrogens with one attached hydrogen (secondary N) is 2. The van der Waals surface area contributed by atoms with E-state index < -0.39 is 10.0 Å². The standard InChI is InChI=1S/C20H14BrN3O3S2/c21-14-6-9-16(10-7-14)29(26,27)24-15-8-11-17-18(12-15)28-20(22-17)23-19(25)13-4-2-1-3-5-13/h1-12,24H,(H,22,23,25). The molecule has 0 saturated heterocycles. The van der Waals surface area contributed by atoms with Crippen LogP contribution in [0.5, 0.6) is 0 Å². The molecule has 0 atom stereocenters. The number of carbonyl (C=O) groups is 1. The van der Waals surface area contributed by atoms with Gasteiger partial charge in [-0.05, 0) is 54.6 Å². The number of nitrogens with zero attached hydrogens (tertiary/aromatic N) is 1. The van der Waals surface area contributed by atoms with Crippen molar-refractivity contribution < 1.29 is 13.2 Å². The molecule has 0 aliphatic heterocycles. The van der Waals surface area contributed by atoms with Crippen LogP contribution in [0.2, 0.25) is 0 Å². The highest BCUT2D eigenvalue weighted by Gasteiger charge is 2.15. The quantitative estimate of drug-likeness (QED) is 0.409. The molecule has 29 heavy (non-hydrogen) atoms. The summed E-state index contributed by atoms with van der Waals surface area (Å²) in [5.74, 6) is -0.249. The molecule has 1 heterocycles. The number of aromatic nitrogens is 1. The maximum atomic E-state index is 12.6. The van der Waals surface area contributed by atoms with Crippen LogP contribution < -0.4 is 10.0 Å². The van der Waals surface area contributed by atoms with Crippen LogP contribution in [0.4, 0.5) is 10.8 Å². The van der Waals surface area contributed by atoms with Gasteiger partial charge in [-0.15, -0.1) is 0 Å². The Morgan fingerprint density at radius 1 is 0.966 bits per heavy atom. The van der Waals surface area contributed by atoms with Gasteiger partial charge in [0, 0.05) is 10.0 Å². The molecule has 3 aromatic carbocycles. The molecule has 0 bridgehead atoms. The number of benzene rings is 3. The summed E-state index contributed by atoms with van der Waals surface area (Å²) in [6.07, 6.45) is 0. The summed E-state index contributed by atoms with van der Waals surface area (Å²) in [5, 5.41) is 3.22. The van der Waals surface area contributed by atoms with Crippen LogP contribution in [0, 0.1) is 0 Å². The zero-order valence-electron chi connectivity index (χ0n) is 14.8. The van der Waals surface area contributed by atoms with Gasteiger partial charge < -0.3 is 0 Å². The molecular weight excluding hydrogens is 474 g/mol. The van der Waals surface area contributed by atoms with Gasteiger partial charge in [0.05, 0.1) is 20.8 Å². The fraction of sp³-hybridized carbons (Fsp3) is 0. The zero-order chi connectivity index (χ0) is 20.4. The first-order chi connectivity index (χ1) is 13.9. The Morgan fingerprint density at radius 3 is 2.41 bits per heavy atom. The number of halogens is 1. The van der Waals surface area contributed by atoms with Crippen molar-refractivity contribution in [1.82, 2.24) is 4.98 Å². The fourth-order valence-corrected chi connectivity index (χ4v) is 4.84. The molecule has 1 amide bonds. The number of hydrogen-bond acceptors (Lipinski definition) is 5. The monoisotopic (exact) mass is 487 g/mol. The Kier molecular flexibility index (Phi) is 5.35. The zero-order valence-corrected chi connectivity index (χ0v) is 18.0. The van der Waals surface area contributed by atoms with E-state index in [1.165, 1.54) is 23.5 Å². The Morgan fingerprint density at radius 2 is 1.69 bits per heavy atom. The Bertz CT molecular complexity index is 1290. The number of thiazole rings is 1. The number of rotatable bonds is 5. The second-order valence-electron chi connectivity index (χ2n) is 6.08. The number of amides is 1. The van der Waals surface area contributed by atoms with Crippen molar-refractivity contribution in [2.24, 2.45) is 0 Å². The lowest BCUT2D eigenvalue weighted by Crippen LogP contribution is -2.12. The molecule has 4 aromatic rings. The van der Waals surface area contributed by atoms with E-state index in [4.69, 9.17) is 0 Å². The minimum Gasteiger partial charge on any atom is -0.298 e. The molecule has 6 nitrogen and oxygen atoms in total. The lowest BCUT2D eigenvalue weighted by atomic mass is 10.2. The summed E-state index contributed by atoms with van der Waals surface area (Å²) < 4.78 is 29.2. The molecule has 0 spiro atoms. The summed E-state index contributed by atoms with van der Waals surface area (Å²) in [6.45, 7) is 0. The highest BCUT2D eigenvalue weighted by molar-refractivity contribution is 9.10. The van der Waals surface area contributed by atoms with Crippen molar-refractivity contribution in [2.75, 3.05) is 10.0 Å². The topological polar surface area (TPSA) is 88.2 Å². The summed E-state index contributed by atoms with van der Waals surface area (Å²) in [7, 11) is -3.70. The highest BCUT2D eigenvalue weighted by atomic mass is 79.9. The predicted octanol–water partition coefficient (Wildman–Crippen LogP) is 5.11. The molecule has 4 rings (SSSR count). The second kappa shape index (κ2) is 7.94. The van der Waals surface area contributed by atoms with Crippen LogP contribution in [-0.4, -0.2) is 19.3 Å². The van der Waals surface area contributed by atoms with E-state index in [1.54, 1.807) is 54.6 Å². The van der Waals surface area contributed by atoms with E-state index in [2.05, 4.69) is 31.0 Å². The van der Waals surface area contributed by atoms with Gasteiger partial charge in [0.25, 0.3) is 15.9 Å². The maximum absolute atomic E-state index is 12.6. The van der Waals surface area contributed by atoms with Gasteiger partial charge in [0.1, 0.15) is 0 Å². The highest BCUT2D eigenvalue weighted by Crippen LogP contribution is 2.29. The van der Waals surface area contributed by atoms with E-state index >= 15 is 0 Å². The SMILES string of the molecule is O=C(Nc1nc2ccc(NS(=O)(=O)c3ccc(Br)cc3)cc2s1)c1ccccc1. The van der Waals surface area contributed by atoms with E-state index in [0.717, 1.165) is 9.17 Å². The lowest BCUT2D eigenvalue weighted by Gasteiger charge is -2.08. The van der Waals surface area contributed by atoms with Gasteiger partial charge in [0.2, 0.25) is 0 Å². The fourth-order valence-electron chi connectivity index (χ4n) is 2.63. The Balaban J connectivity index is 1.55. The minimum atomic E-state index is -3.70. The minimum absolute atomic E-state index is 0.168. The summed E-state index contributed by atoms with van der Waals surface area (Å²) in [4.78, 5) is 16.8. The van der Waals surface area contributed by atoms with E-state index in [1.807, 2.05) is 6.07 Å². The number of fused-ring (bicyclic) bond motifs is 1. The number of anilines is 2.